The fourth-order valence-electron chi connectivity index (χ4n) is 2.91. The minimum Gasteiger partial charge on any atom is -0.275 e. The first-order valence-electron chi connectivity index (χ1n) is 8.43. The van der Waals surface area contributed by atoms with E-state index < -0.39 is 10.0 Å². The summed E-state index contributed by atoms with van der Waals surface area (Å²) in [5, 5.41) is 6.04. The fourth-order valence-corrected chi connectivity index (χ4v) is 3.96. The zero-order chi connectivity index (χ0) is 18.9. The minimum atomic E-state index is -3.62. The SMILES string of the molecule is Cn1cc(-c2cncc(CNS(=O)(=O)c3ccc4ccccc4c3)c2)cn1. The Balaban J connectivity index is 1.55. The normalized spacial score (nSPS) is 11.7. The van der Waals surface area contributed by atoms with Gasteiger partial charge in [0.25, 0.3) is 0 Å². The van der Waals surface area contributed by atoms with Crippen LogP contribution in [0.2, 0.25) is 0 Å². The maximum atomic E-state index is 12.7. The van der Waals surface area contributed by atoms with Crippen molar-refractivity contribution in [2.75, 3.05) is 0 Å². The van der Waals surface area contributed by atoms with Gasteiger partial charge in [0.15, 0.2) is 0 Å². The van der Waals surface area contributed by atoms with Gasteiger partial charge in [-0.3, -0.25) is 9.67 Å². The molecule has 0 bridgehead atoms. The van der Waals surface area contributed by atoms with Crippen LogP contribution in [0, 0.1) is 0 Å². The maximum Gasteiger partial charge on any atom is 0.240 e. The molecule has 6 nitrogen and oxygen atoms in total. The Bertz CT molecular complexity index is 1220. The largest absolute Gasteiger partial charge is 0.275 e. The third-order valence-corrected chi connectivity index (χ3v) is 5.73. The van der Waals surface area contributed by atoms with Crippen molar-refractivity contribution >= 4 is 20.8 Å². The molecule has 0 saturated carbocycles. The molecule has 0 spiro atoms. The number of sulfonamides is 1. The second kappa shape index (κ2) is 6.94. The van der Waals surface area contributed by atoms with E-state index in [-0.39, 0.29) is 11.4 Å². The number of pyridine rings is 1. The van der Waals surface area contributed by atoms with Crippen LogP contribution < -0.4 is 4.72 Å². The summed E-state index contributed by atoms with van der Waals surface area (Å²) in [5.74, 6) is 0. The summed E-state index contributed by atoms with van der Waals surface area (Å²) in [5.41, 5.74) is 2.61. The van der Waals surface area contributed by atoms with Crippen LogP contribution in [0.3, 0.4) is 0 Å². The van der Waals surface area contributed by atoms with E-state index >= 15 is 0 Å². The molecule has 2 aromatic heterocycles. The molecule has 0 aliphatic heterocycles. The molecular formula is C20H18N4O2S. The quantitative estimate of drug-likeness (QED) is 0.579. The van der Waals surface area contributed by atoms with Crippen LogP contribution in [0.1, 0.15) is 5.56 Å². The lowest BCUT2D eigenvalue weighted by atomic mass is 10.1. The van der Waals surface area contributed by atoms with Crippen LogP contribution >= 0.6 is 0 Å². The summed E-state index contributed by atoms with van der Waals surface area (Å²) < 4.78 is 29.7. The fraction of sp³-hybridized carbons (Fsp3) is 0.100. The van der Waals surface area contributed by atoms with Crippen molar-refractivity contribution in [1.82, 2.24) is 19.5 Å². The maximum absolute atomic E-state index is 12.7. The molecule has 2 heterocycles. The zero-order valence-corrected chi connectivity index (χ0v) is 15.5. The standard InChI is InChI=1S/C20H18N4O2S/c1-24-14-19(13-22-24)18-8-15(10-21-12-18)11-23-27(25,26)20-7-6-16-4-2-3-5-17(16)9-20/h2-10,12-14,23H,11H2,1H3. The van der Waals surface area contributed by atoms with Gasteiger partial charge in [-0.15, -0.1) is 0 Å². The second-order valence-electron chi connectivity index (χ2n) is 6.32. The Morgan fingerprint density at radius 2 is 1.78 bits per heavy atom. The molecule has 0 saturated heterocycles. The van der Waals surface area contributed by atoms with Crippen molar-refractivity contribution in [3.05, 3.63) is 78.9 Å². The number of aromatic nitrogens is 3. The van der Waals surface area contributed by atoms with Gasteiger partial charge in [-0.2, -0.15) is 5.10 Å². The Hall–Kier alpha value is -3.03. The summed E-state index contributed by atoms with van der Waals surface area (Å²) >= 11 is 0. The van der Waals surface area contributed by atoms with Gasteiger partial charge in [-0.1, -0.05) is 30.3 Å². The van der Waals surface area contributed by atoms with Crippen LogP contribution in [0.25, 0.3) is 21.9 Å². The summed E-state index contributed by atoms with van der Waals surface area (Å²) in [6, 6.07) is 14.7. The molecule has 7 heteroatoms. The lowest BCUT2D eigenvalue weighted by molar-refractivity contribution is 0.581. The van der Waals surface area contributed by atoms with Crippen molar-refractivity contribution in [2.45, 2.75) is 11.4 Å². The van der Waals surface area contributed by atoms with Crippen molar-refractivity contribution in [2.24, 2.45) is 7.05 Å². The highest BCUT2D eigenvalue weighted by Gasteiger charge is 2.14. The second-order valence-corrected chi connectivity index (χ2v) is 8.09. The number of hydrogen-bond acceptors (Lipinski definition) is 4. The van der Waals surface area contributed by atoms with Crippen LogP contribution in [0.5, 0.6) is 0 Å². The third-order valence-electron chi connectivity index (χ3n) is 4.33. The molecule has 0 aliphatic rings. The van der Waals surface area contributed by atoms with E-state index in [2.05, 4.69) is 14.8 Å². The molecule has 0 unspecified atom stereocenters. The third kappa shape index (κ3) is 3.74. The zero-order valence-electron chi connectivity index (χ0n) is 14.7. The first-order valence-corrected chi connectivity index (χ1v) is 9.91. The highest BCUT2D eigenvalue weighted by atomic mass is 32.2. The molecule has 0 radical (unpaired) electrons. The molecule has 1 N–H and O–H groups in total. The van der Waals surface area contributed by atoms with E-state index in [0.29, 0.717) is 0 Å². The summed E-state index contributed by atoms with van der Waals surface area (Å²) in [4.78, 5) is 4.46. The number of nitrogens with zero attached hydrogens (tertiary/aromatic N) is 3. The first-order chi connectivity index (χ1) is 13.0. The highest BCUT2D eigenvalue weighted by molar-refractivity contribution is 7.89. The number of hydrogen-bond donors (Lipinski definition) is 1. The number of fused-ring (bicyclic) bond motifs is 1. The van der Waals surface area contributed by atoms with E-state index in [0.717, 1.165) is 27.5 Å². The monoisotopic (exact) mass is 378 g/mol. The molecule has 4 rings (SSSR count). The van der Waals surface area contributed by atoms with Gasteiger partial charge in [0.05, 0.1) is 11.1 Å². The molecule has 2 aromatic carbocycles. The Morgan fingerprint density at radius 1 is 0.963 bits per heavy atom. The highest BCUT2D eigenvalue weighted by Crippen LogP contribution is 2.20. The van der Waals surface area contributed by atoms with Crippen molar-refractivity contribution < 1.29 is 8.42 Å². The van der Waals surface area contributed by atoms with E-state index in [1.807, 2.05) is 49.6 Å². The topological polar surface area (TPSA) is 76.9 Å². The Kier molecular flexibility index (Phi) is 4.47. The molecule has 4 aromatic rings. The summed E-state index contributed by atoms with van der Waals surface area (Å²) in [7, 11) is -1.77. The van der Waals surface area contributed by atoms with Crippen molar-refractivity contribution in [3.63, 3.8) is 0 Å². The van der Waals surface area contributed by atoms with Gasteiger partial charge >= 0.3 is 0 Å². The number of aryl methyl sites for hydroxylation is 1. The van der Waals surface area contributed by atoms with E-state index in [1.54, 1.807) is 35.4 Å². The predicted octanol–water partition coefficient (Wildman–Crippen LogP) is 3.11. The van der Waals surface area contributed by atoms with Gasteiger partial charge in [-0.25, -0.2) is 13.1 Å². The van der Waals surface area contributed by atoms with Gasteiger partial charge in [0.1, 0.15) is 0 Å². The predicted molar refractivity (Wildman–Crippen MR) is 104 cm³/mol. The molecular weight excluding hydrogens is 360 g/mol. The number of rotatable bonds is 5. The minimum absolute atomic E-state index is 0.163. The number of nitrogens with one attached hydrogen (secondary N) is 1. The average molecular weight is 378 g/mol. The smallest absolute Gasteiger partial charge is 0.240 e. The van der Waals surface area contributed by atoms with Crippen LogP contribution in [-0.2, 0) is 23.6 Å². The van der Waals surface area contributed by atoms with Gasteiger partial charge in [-0.05, 0) is 34.5 Å². The van der Waals surface area contributed by atoms with Gasteiger partial charge in [0.2, 0.25) is 10.0 Å². The van der Waals surface area contributed by atoms with Crippen LogP contribution in [-0.4, -0.2) is 23.2 Å². The Morgan fingerprint density at radius 3 is 2.56 bits per heavy atom. The lowest BCUT2D eigenvalue weighted by Crippen LogP contribution is -2.23. The molecule has 0 fully saturated rings. The lowest BCUT2D eigenvalue weighted by Gasteiger charge is -2.08. The summed E-state index contributed by atoms with van der Waals surface area (Å²) in [6.45, 7) is 0.163. The molecule has 0 aliphatic carbocycles. The average Bonchev–Trinajstić information content (AvgIpc) is 3.13. The summed E-state index contributed by atoms with van der Waals surface area (Å²) in [6.07, 6.45) is 7.03. The van der Waals surface area contributed by atoms with Gasteiger partial charge in [0, 0.05) is 43.3 Å². The number of benzene rings is 2. The van der Waals surface area contributed by atoms with Crippen LogP contribution in [0.4, 0.5) is 0 Å². The first kappa shape index (κ1) is 17.4. The van der Waals surface area contributed by atoms with Gasteiger partial charge < -0.3 is 0 Å². The Labute approximate surface area is 157 Å². The van der Waals surface area contributed by atoms with E-state index in [9.17, 15) is 8.42 Å². The molecule has 136 valence electrons. The van der Waals surface area contributed by atoms with Crippen molar-refractivity contribution in [3.8, 4) is 11.1 Å². The molecule has 0 amide bonds. The molecule has 27 heavy (non-hydrogen) atoms. The van der Waals surface area contributed by atoms with Crippen LogP contribution in [0.15, 0.2) is 78.2 Å². The van der Waals surface area contributed by atoms with Crippen molar-refractivity contribution in [1.29, 1.82) is 0 Å². The molecule has 0 atom stereocenters. The van der Waals surface area contributed by atoms with E-state index in [4.69, 9.17) is 0 Å². The van der Waals surface area contributed by atoms with E-state index in [1.165, 1.54) is 0 Å².